The lowest BCUT2D eigenvalue weighted by Crippen LogP contribution is -2.42. The molecule has 1 saturated carbocycles. The summed E-state index contributed by atoms with van der Waals surface area (Å²) in [5, 5.41) is 7.99. The maximum absolute atomic E-state index is 13.1. The Bertz CT molecular complexity index is 878. The van der Waals surface area contributed by atoms with E-state index in [0.717, 1.165) is 34.8 Å². The number of para-hydroxylation sites is 2. The number of hydrogen-bond donors (Lipinski definition) is 1. The molecule has 1 aliphatic heterocycles. The van der Waals surface area contributed by atoms with Gasteiger partial charge < -0.3 is 5.32 Å². The van der Waals surface area contributed by atoms with Crippen molar-refractivity contribution in [3.8, 4) is 0 Å². The van der Waals surface area contributed by atoms with Crippen LogP contribution in [-0.4, -0.2) is 21.3 Å². The van der Waals surface area contributed by atoms with Gasteiger partial charge in [-0.15, -0.1) is 0 Å². The number of hydrogen-bond acceptors (Lipinski definition) is 4. The first-order chi connectivity index (χ1) is 11.9. The van der Waals surface area contributed by atoms with Gasteiger partial charge in [0, 0.05) is 30.4 Å². The summed E-state index contributed by atoms with van der Waals surface area (Å²) in [7, 11) is 1.93. The van der Waals surface area contributed by atoms with Crippen LogP contribution in [-0.2, 0) is 11.8 Å². The lowest BCUT2D eigenvalue weighted by atomic mass is 9.68. The Morgan fingerprint density at radius 2 is 2.00 bits per heavy atom. The zero-order chi connectivity index (χ0) is 17.8. The number of carbonyl (C=O) groups is 1. The second-order valence-electron chi connectivity index (χ2n) is 8.01. The summed E-state index contributed by atoms with van der Waals surface area (Å²) < 4.78 is 1.86. The highest BCUT2D eigenvalue weighted by atomic mass is 16.1. The predicted molar refractivity (Wildman–Crippen MR) is 99.4 cm³/mol. The van der Waals surface area contributed by atoms with E-state index in [1.54, 1.807) is 0 Å². The summed E-state index contributed by atoms with van der Waals surface area (Å²) in [5.41, 5.74) is 4.99. The quantitative estimate of drug-likeness (QED) is 0.857. The molecule has 2 heterocycles. The minimum Gasteiger partial charge on any atom is -0.375 e. The normalized spacial score (nSPS) is 24.6. The molecule has 0 spiro atoms. The van der Waals surface area contributed by atoms with Crippen molar-refractivity contribution in [2.24, 2.45) is 23.4 Å². The van der Waals surface area contributed by atoms with E-state index in [1.807, 2.05) is 42.2 Å². The van der Waals surface area contributed by atoms with Gasteiger partial charge in [-0.25, -0.2) is 0 Å². The summed E-state index contributed by atoms with van der Waals surface area (Å²) in [6.07, 6.45) is 3.31. The molecule has 2 atom stereocenters. The number of benzene rings is 1. The SMILES string of the molecule is Cc1c([C@@H]2Nc3ccccc3N=C3CC(C)(C)CC(=O)[C@H]32)cnn1C. The molecule has 1 N–H and O–H groups in total. The molecule has 1 aromatic carbocycles. The highest BCUT2D eigenvalue weighted by Crippen LogP contribution is 2.45. The Labute approximate surface area is 148 Å². The molecule has 25 heavy (non-hydrogen) atoms. The van der Waals surface area contributed by atoms with Gasteiger partial charge in [0.2, 0.25) is 0 Å². The molecule has 5 heteroatoms. The summed E-state index contributed by atoms with van der Waals surface area (Å²) in [5.74, 6) is 0.0342. The fraction of sp³-hybridized carbons (Fsp3) is 0.450. The van der Waals surface area contributed by atoms with Crippen LogP contribution >= 0.6 is 0 Å². The number of aromatic nitrogens is 2. The van der Waals surface area contributed by atoms with Gasteiger partial charge in [-0.05, 0) is 30.9 Å². The highest BCUT2D eigenvalue weighted by molar-refractivity contribution is 6.10. The van der Waals surface area contributed by atoms with Crippen molar-refractivity contribution in [3.05, 3.63) is 41.7 Å². The van der Waals surface area contributed by atoms with E-state index in [0.29, 0.717) is 6.42 Å². The Balaban J connectivity index is 1.89. The second-order valence-corrected chi connectivity index (χ2v) is 8.01. The van der Waals surface area contributed by atoms with E-state index in [2.05, 4.69) is 31.2 Å². The van der Waals surface area contributed by atoms with Crippen molar-refractivity contribution in [2.75, 3.05) is 5.32 Å². The number of aryl methyl sites for hydroxylation is 1. The van der Waals surface area contributed by atoms with Crippen LogP contribution in [0.4, 0.5) is 11.4 Å². The van der Waals surface area contributed by atoms with Crippen molar-refractivity contribution >= 4 is 22.9 Å². The minimum absolute atomic E-state index is 0.0414. The number of aliphatic imine (C=N–C) groups is 1. The molecule has 130 valence electrons. The van der Waals surface area contributed by atoms with Crippen LogP contribution < -0.4 is 5.32 Å². The number of fused-ring (bicyclic) bond motifs is 2. The third-order valence-electron chi connectivity index (χ3n) is 5.44. The van der Waals surface area contributed by atoms with E-state index >= 15 is 0 Å². The van der Waals surface area contributed by atoms with Crippen molar-refractivity contribution < 1.29 is 4.79 Å². The van der Waals surface area contributed by atoms with Gasteiger partial charge in [-0.2, -0.15) is 5.10 Å². The average Bonchev–Trinajstić information content (AvgIpc) is 2.77. The molecule has 1 aliphatic carbocycles. The topological polar surface area (TPSA) is 59.3 Å². The Morgan fingerprint density at radius 3 is 2.72 bits per heavy atom. The zero-order valence-electron chi connectivity index (χ0n) is 15.2. The monoisotopic (exact) mass is 336 g/mol. The van der Waals surface area contributed by atoms with Crippen LogP contribution in [0, 0.1) is 18.3 Å². The third-order valence-corrected chi connectivity index (χ3v) is 5.44. The van der Waals surface area contributed by atoms with Crippen molar-refractivity contribution in [2.45, 2.75) is 39.7 Å². The molecule has 2 aromatic rings. The van der Waals surface area contributed by atoms with Crippen LogP contribution in [0.25, 0.3) is 0 Å². The van der Waals surface area contributed by atoms with Gasteiger partial charge >= 0.3 is 0 Å². The van der Waals surface area contributed by atoms with Gasteiger partial charge in [0.25, 0.3) is 0 Å². The minimum atomic E-state index is -0.233. The second kappa shape index (κ2) is 5.55. The van der Waals surface area contributed by atoms with Crippen molar-refractivity contribution in [3.63, 3.8) is 0 Å². The first kappa shape index (κ1) is 16.1. The maximum atomic E-state index is 13.1. The maximum Gasteiger partial charge on any atom is 0.144 e. The molecule has 0 radical (unpaired) electrons. The summed E-state index contributed by atoms with van der Waals surface area (Å²) >= 11 is 0. The lowest BCUT2D eigenvalue weighted by Gasteiger charge is -2.37. The van der Waals surface area contributed by atoms with Crippen LogP contribution in [0.15, 0.2) is 35.5 Å². The first-order valence-corrected chi connectivity index (χ1v) is 8.80. The molecule has 0 amide bonds. The summed E-state index contributed by atoms with van der Waals surface area (Å²) in [6, 6.07) is 7.91. The highest BCUT2D eigenvalue weighted by Gasteiger charge is 2.44. The smallest absolute Gasteiger partial charge is 0.144 e. The van der Waals surface area contributed by atoms with Crippen LogP contribution in [0.5, 0.6) is 0 Å². The number of carbonyl (C=O) groups excluding carboxylic acids is 1. The summed E-state index contributed by atoms with van der Waals surface area (Å²) in [4.78, 5) is 18.0. The van der Waals surface area contributed by atoms with Crippen molar-refractivity contribution in [1.29, 1.82) is 0 Å². The van der Waals surface area contributed by atoms with E-state index in [9.17, 15) is 4.79 Å². The van der Waals surface area contributed by atoms with E-state index in [-0.39, 0.29) is 23.2 Å². The average molecular weight is 336 g/mol. The Hall–Kier alpha value is -2.43. The lowest BCUT2D eigenvalue weighted by molar-refractivity contribution is -0.124. The third kappa shape index (κ3) is 2.68. The van der Waals surface area contributed by atoms with Gasteiger partial charge in [-0.3, -0.25) is 14.5 Å². The molecule has 4 rings (SSSR count). The van der Waals surface area contributed by atoms with Crippen LogP contribution in [0.2, 0.25) is 0 Å². The number of nitrogens with one attached hydrogen (secondary N) is 1. The number of anilines is 1. The van der Waals surface area contributed by atoms with Gasteiger partial charge in [0.05, 0.1) is 29.5 Å². The molecule has 5 nitrogen and oxygen atoms in total. The molecule has 1 fully saturated rings. The molecule has 0 saturated heterocycles. The number of ketones is 1. The van der Waals surface area contributed by atoms with E-state index in [1.165, 1.54) is 0 Å². The van der Waals surface area contributed by atoms with E-state index < -0.39 is 0 Å². The number of Topliss-reactive ketones (excluding diaryl/α,β-unsaturated/α-hetero) is 1. The largest absolute Gasteiger partial charge is 0.375 e. The van der Waals surface area contributed by atoms with Gasteiger partial charge in [0.1, 0.15) is 5.78 Å². The van der Waals surface area contributed by atoms with Crippen LogP contribution in [0.3, 0.4) is 0 Å². The first-order valence-electron chi connectivity index (χ1n) is 8.80. The Morgan fingerprint density at radius 1 is 1.24 bits per heavy atom. The van der Waals surface area contributed by atoms with Crippen LogP contribution in [0.1, 0.15) is 44.0 Å². The number of rotatable bonds is 1. The zero-order valence-corrected chi connectivity index (χ0v) is 15.2. The van der Waals surface area contributed by atoms with Gasteiger partial charge in [-0.1, -0.05) is 26.0 Å². The fourth-order valence-electron chi connectivity index (χ4n) is 4.09. The summed E-state index contributed by atoms with van der Waals surface area (Å²) in [6.45, 7) is 6.35. The molecular formula is C20H24N4O. The fourth-order valence-corrected chi connectivity index (χ4v) is 4.09. The molecular weight excluding hydrogens is 312 g/mol. The molecule has 2 aliphatic rings. The van der Waals surface area contributed by atoms with E-state index in [4.69, 9.17) is 4.99 Å². The molecule has 0 bridgehead atoms. The molecule has 1 aromatic heterocycles. The molecule has 0 unspecified atom stereocenters. The standard InChI is InChI=1S/C20H24N4O/c1-12-13(11-21-24(12)4)19-18-16(9-20(2,3)10-17(18)25)22-14-7-5-6-8-15(14)23-19/h5-8,11,18-19,23H,9-10H2,1-4H3/t18-,19-/m0/s1. The predicted octanol–water partition coefficient (Wildman–Crippen LogP) is 3.97. The Kier molecular flexibility index (Phi) is 3.56. The number of nitrogens with zero attached hydrogens (tertiary/aromatic N) is 3. The van der Waals surface area contributed by atoms with Gasteiger partial charge in [0.15, 0.2) is 0 Å². The van der Waals surface area contributed by atoms with Crippen molar-refractivity contribution in [1.82, 2.24) is 9.78 Å².